The number of nitrogens with zero attached hydrogens (tertiary/aromatic N) is 1. The molecule has 0 aromatic rings. The molecule has 0 aliphatic carbocycles. The summed E-state index contributed by atoms with van der Waals surface area (Å²) in [5, 5.41) is 8.63. The van der Waals surface area contributed by atoms with Crippen LogP contribution in [0.4, 0.5) is 0 Å². The number of aliphatic carboxylic acids is 1. The van der Waals surface area contributed by atoms with E-state index in [0.717, 1.165) is 4.90 Å². The average molecular weight is 225 g/mol. The lowest BCUT2D eigenvalue weighted by Gasteiger charge is -2.16. The third kappa shape index (κ3) is 2.29. The first-order valence-electron chi connectivity index (χ1n) is 5.00. The highest BCUT2D eigenvalue weighted by atomic mass is 16.4. The normalized spacial score (nSPS) is 20.4. The maximum Gasteiger partial charge on any atom is 0.331 e. The van der Waals surface area contributed by atoms with E-state index >= 15 is 0 Å². The molecule has 0 radical (unpaired) electrons. The lowest BCUT2D eigenvalue weighted by molar-refractivity contribution is -0.140. The Labute approximate surface area is 93.7 Å². The number of likely N-dealkylation sites (tertiary alicyclic amines) is 1. The van der Waals surface area contributed by atoms with Gasteiger partial charge in [-0.15, -0.1) is 0 Å². The molecule has 1 saturated heterocycles. The molecule has 1 aliphatic rings. The van der Waals surface area contributed by atoms with Gasteiger partial charge in [0.1, 0.15) is 0 Å². The van der Waals surface area contributed by atoms with E-state index in [9.17, 15) is 14.4 Å². The van der Waals surface area contributed by atoms with E-state index in [2.05, 4.69) is 0 Å². The molecule has 1 heterocycles. The van der Waals surface area contributed by atoms with E-state index in [1.165, 1.54) is 13.0 Å². The summed E-state index contributed by atoms with van der Waals surface area (Å²) in [4.78, 5) is 34.9. The molecule has 88 valence electrons. The fraction of sp³-hybridized carbons (Fsp3) is 0.545. The molecule has 0 unspecified atom stereocenters. The van der Waals surface area contributed by atoms with E-state index in [4.69, 9.17) is 5.11 Å². The summed E-state index contributed by atoms with van der Waals surface area (Å²) >= 11 is 0. The van der Waals surface area contributed by atoms with Gasteiger partial charge in [-0.1, -0.05) is 19.9 Å². The standard InChI is InChI=1S/C11H15NO4/c1-7(9(14)15)4-5-12-8(13)6-11(2,3)10(12)16/h4H,5-6H2,1-3H3,(H,14,15). The predicted molar refractivity (Wildman–Crippen MR) is 56.5 cm³/mol. The minimum atomic E-state index is -1.04. The number of imide groups is 1. The van der Waals surface area contributed by atoms with Crippen molar-refractivity contribution in [3.05, 3.63) is 11.6 Å². The van der Waals surface area contributed by atoms with Gasteiger partial charge in [0.2, 0.25) is 11.8 Å². The number of hydrogen-bond donors (Lipinski definition) is 1. The van der Waals surface area contributed by atoms with Crippen molar-refractivity contribution in [1.29, 1.82) is 0 Å². The topological polar surface area (TPSA) is 74.7 Å². The summed E-state index contributed by atoms with van der Waals surface area (Å²) in [6.45, 7) is 4.89. The Morgan fingerprint density at radius 1 is 1.50 bits per heavy atom. The summed E-state index contributed by atoms with van der Waals surface area (Å²) in [5.74, 6) is -1.53. The van der Waals surface area contributed by atoms with Gasteiger partial charge in [0.15, 0.2) is 0 Å². The van der Waals surface area contributed by atoms with Crippen LogP contribution in [0.3, 0.4) is 0 Å². The second-order valence-electron chi connectivity index (χ2n) is 4.56. The Kier molecular flexibility index (Phi) is 3.16. The zero-order valence-corrected chi connectivity index (χ0v) is 9.61. The zero-order chi connectivity index (χ0) is 12.5. The quantitative estimate of drug-likeness (QED) is 0.569. The molecular weight excluding hydrogens is 210 g/mol. The Morgan fingerprint density at radius 2 is 2.06 bits per heavy atom. The van der Waals surface area contributed by atoms with E-state index in [-0.39, 0.29) is 30.4 Å². The number of carbonyl (C=O) groups is 3. The molecule has 16 heavy (non-hydrogen) atoms. The fourth-order valence-electron chi connectivity index (χ4n) is 1.53. The van der Waals surface area contributed by atoms with Crippen LogP contribution in [0.15, 0.2) is 11.6 Å². The largest absolute Gasteiger partial charge is 0.478 e. The summed E-state index contributed by atoms with van der Waals surface area (Å²) in [5.41, 5.74) is -0.535. The minimum absolute atomic E-state index is 0.0409. The van der Waals surface area contributed by atoms with Gasteiger partial charge in [0.25, 0.3) is 0 Å². The van der Waals surface area contributed by atoms with Gasteiger partial charge in [-0.2, -0.15) is 0 Å². The van der Waals surface area contributed by atoms with Gasteiger partial charge in [0, 0.05) is 18.5 Å². The van der Waals surface area contributed by atoms with Gasteiger partial charge >= 0.3 is 5.97 Å². The van der Waals surface area contributed by atoms with Crippen LogP contribution >= 0.6 is 0 Å². The minimum Gasteiger partial charge on any atom is -0.478 e. The van der Waals surface area contributed by atoms with E-state index < -0.39 is 11.4 Å². The SMILES string of the molecule is CC(=CCN1C(=O)CC(C)(C)C1=O)C(=O)O. The Balaban J connectivity index is 2.77. The van der Waals surface area contributed by atoms with Gasteiger partial charge in [-0.25, -0.2) is 4.79 Å². The molecule has 2 amide bonds. The monoisotopic (exact) mass is 225 g/mol. The van der Waals surface area contributed by atoms with Crippen LogP contribution in [0.5, 0.6) is 0 Å². The molecule has 5 heteroatoms. The fourth-order valence-corrected chi connectivity index (χ4v) is 1.53. The summed E-state index contributed by atoms with van der Waals surface area (Å²) in [6, 6.07) is 0. The molecule has 0 aromatic carbocycles. The smallest absolute Gasteiger partial charge is 0.331 e. The zero-order valence-electron chi connectivity index (χ0n) is 9.61. The van der Waals surface area contributed by atoms with Gasteiger partial charge in [0.05, 0.1) is 5.41 Å². The Morgan fingerprint density at radius 3 is 2.44 bits per heavy atom. The highest BCUT2D eigenvalue weighted by Crippen LogP contribution is 2.31. The first-order chi connectivity index (χ1) is 7.25. The van der Waals surface area contributed by atoms with Crippen molar-refractivity contribution in [3.8, 4) is 0 Å². The van der Waals surface area contributed by atoms with E-state index in [1.54, 1.807) is 13.8 Å². The lowest BCUT2D eigenvalue weighted by atomic mass is 9.92. The Hall–Kier alpha value is -1.65. The molecule has 1 rings (SSSR count). The van der Waals surface area contributed by atoms with E-state index in [0.29, 0.717) is 0 Å². The Bertz CT molecular complexity index is 381. The van der Waals surface area contributed by atoms with Crippen molar-refractivity contribution in [3.63, 3.8) is 0 Å². The third-order valence-corrected chi connectivity index (χ3v) is 2.64. The van der Waals surface area contributed by atoms with Crippen LogP contribution in [0, 0.1) is 5.41 Å². The molecule has 0 atom stereocenters. The summed E-state index contributed by atoms with van der Waals surface area (Å²) in [6.07, 6.45) is 1.56. The van der Waals surface area contributed by atoms with Crippen LogP contribution in [-0.4, -0.2) is 34.3 Å². The highest BCUT2D eigenvalue weighted by Gasteiger charge is 2.44. The molecule has 0 aromatic heterocycles. The highest BCUT2D eigenvalue weighted by molar-refractivity contribution is 6.05. The van der Waals surface area contributed by atoms with Crippen molar-refractivity contribution in [1.82, 2.24) is 4.90 Å². The van der Waals surface area contributed by atoms with Crippen molar-refractivity contribution in [2.24, 2.45) is 5.41 Å². The van der Waals surface area contributed by atoms with Gasteiger partial charge in [-0.3, -0.25) is 14.5 Å². The first-order valence-corrected chi connectivity index (χ1v) is 5.00. The van der Waals surface area contributed by atoms with Crippen molar-refractivity contribution < 1.29 is 19.5 Å². The number of carboxylic acid groups (broad SMARTS) is 1. The van der Waals surface area contributed by atoms with E-state index in [1.807, 2.05) is 0 Å². The molecule has 1 fully saturated rings. The van der Waals surface area contributed by atoms with Crippen molar-refractivity contribution >= 4 is 17.8 Å². The van der Waals surface area contributed by atoms with Gasteiger partial charge < -0.3 is 5.11 Å². The number of carbonyl (C=O) groups excluding carboxylic acids is 2. The van der Waals surface area contributed by atoms with Crippen LogP contribution in [-0.2, 0) is 14.4 Å². The summed E-state index contributed by atoms with van der Waals surface area (Å²) in [7, 11) is 0. The second-order valence-corrected chi connectivity index (χ2v) is 4.56. The van der Waals surface area contributed by atoms with Crippen molar-refractivity contribution in [2.45, 2.75) is 27.2 Å². The van der Waals surface area contributed by atoms with Crippen LogP contribution < -0.4 is 0 Å². The third-order valence-electron chi connectivity index (χ3n) is 2.64. The molecular formula is C11H15NO4. The molecule has 1 aliphatic heterocycles. The molecule has 0 saturated carbocycles. The average Bonchev–Trinajstić information content (AvgIpc) is 2.34. The molecule has 0 bridgehead atoms. The van der Waals surface area contributed by atoms with Crippen molar-refractivity contribution in [2.75, 3.05) is 6.54 Å². The molecule has 1 N–H and O–H groups in total. The maximum absolute atomic E-state index is 11.7. The van der Waals surface area contributed by atoms with Crippen LogP contribution in [0.1, 0.15) is 27.2 Å². The van der Waals surface area contributed by atoms with Gasteiger partial charge in [-0.05, 0) is 6.92 Å². The first kappa shape index (κ1) is 12.4. The van der Waals surface area contributed by atoms with Crippen LogP contribution in [0.25, 0.3) is 0 Å². The predicted octanol–water partition coefficient (Wildman–Crippen LogP) is 0.802. The lowest BCUT2D eigenvalue weighted by Crippen LogP contribution is -2.33. The van der Waals surface area contributed by atoms with Crippen LogP contribution in [0.2, 0.25) is 0 Å². The second kappa shape index (κ2) is 4.08. The molecule has 5 nitrogen and oxygen atoms in total. The summed E-state index contributed by atoms with van der Waals surface area (Å²) < 4.78 is 0. The number of carboxylic acids is 1. The number of hydrogen-bond acceptors (Lipinski definition) is 3. The number of rotatable bonds is 3. The number of amides is 2. The maximum atomic E-state index is 11.7. The molecule has 0 spiro atoms.